The molecule has 0 atom stereocenters. The highest BCUT2D eigenvalue weighted by Crippen LogP contribution is 2.41. The molecule has 0 bridgehead atoms. The molecular formula is C22H21Cl2NO2. The minimum Gasteiger partial charge on any atom is -0.479 e. The van der Waals surface area contributed by atoms with Crippen molar-refractivity contribution in [2.45, 2.75) is 31.1 Å². The summed E-state index contributed by atoms with van der Waals surface area (Å²) in [6.45, 7) is 0.516. The maximum Gasteiger partial charge on any atom is 0.231 e. The van der Waals surface area contributed by atoms with Crippen molar-refractivity contribution in [3.05, 3.63) is 64.1 Å². The van der Waals surface area contributed by atoms with E-state index in [9.17, 15) is 4.79 Å². The lowest BCUT2D eigenvalue weighted by Gasteiger charge is -2.28. The van der Waals surface area contributed by atoms with Crippen LogP contribution in [-0.4, -0.2) is 19.1 Å². The summed E-state index contributed by atoms with van der Waals surface area (Å²) in [5, 5.41) is 4.19. The van der Waals surface area contributed by atoms with E-state index in [4.69, 9.17) is 27.9 Å². The van der Waals surface area contributed by atoms with Gasteiger partial charge in [0.05, 0.1) is 17.0 Å². The zero-order valence-corrected chi connectivity index (χ0v) is 16.4. The lowest BCUT2D eigenvalue weighted by molar-refractivity contribution is -0.126. The summed E-state index contributed by atoms with van der Waals surface area (Å²) >= 11 is 12.0. The Hall–Kier alpha value is -2.15. The first-order chi connectivity index (χ1) is 13.1. The van der Waals surface area contributed by atoms with Crippen LogP contribution in [0, 0.1) is 11.8 Å². The van der Waals surface area contributed by atoms with Crippen LogP contribution in [0.15, 0.2) is 48.5 Å². The number of hydrogen-bond acceptors (Lipinski definition) is 2. The predicted octanol–water partition coefficient (Wildman–Crippen LogP) is 5.00. The van der Waals surface area contributed by atoms with E-state index in [0.717, 1.165) is 31.2 Å². The minimum atomic E-state index is -0.472. The van der Waals surface area contributed by atoms with E-state index in [0.29, 0.717) is 22.3 Å². The van der Waals surface area contributed by atoms with Gasteiger partial charge in [-0.05, 0) is 42.7 Å². The Kier molecular flexibility index (Phi) is 6.66. The van der Waals surface area contributed by atoms with Gasteiger partial charge in [-0.25, -0.2) is 0 Å². The molecule has 5 heteroatoms. The molecule has 3 nitrogen and oxygen atoms in total. The predicted molar refractivity (Wildman–Crippen MR) is 109 cm³/mol. The summed E-state index contributed by atoms with van der Waals surface area (Å²) in [6, 6.07) is 14.9. The molecule has 1 saturated carbocycles. The summed E-state index contributed by atoms with van der Waals surface area (Å²) in [7, 11) is 0. The molecule has 1 amide bonds. The standard InChI is InChI=1S/C22H21Cl2NO2/c23-18-11-9-17(10-12-18)22(13-3-4-14-22)21(26)25-15-5-6-16-27-20-8-2-1-7-19(20)24/h1-2,7-12H,3-4,13-16H2,(H,25,26). The van der Waals surface area contributed by atoms with Crippen LogP contribution in [0.4, 0.5) is 0 Å². The van der Waals surface area contributed by atoms with Crippen molar-refractivity contribution in [2.24, 2.45) is 0 Å². The second-order valence-corrected chi connectivity index (χ2v) is 7.40. The van der Waals surface area contributed by atoms with E-state index >= 15 is 0 Å². The van der Waals surface area contributed by atoms with Gasteiger partial charge in [0.15, 0.2) is 0 Å². The van der Waals surface area contributed by atoms with E-state index in [1.165, 1.54) is 0 Å². The number of hydrogen-bond donors (Lipinski definition) is 1. The Morgan fingerprint density at radius 2 is 1.74 bits per heavy atom. The van der Waals surface area contributed by atoms with Gasteiger partial charge >= 0.3 is 0 Å². The molecule has 1 N–H and O–H groups in total. The SMILES string of the molecule is O=C(NCC#CCOc1ccccc1Cl)C1(c2ccc(Cl)cc2)CCCC1. The zero-order chi connectivity index (χ0) is 19.1. The maximum absolute atomic E-state index is 12.9. The van der Waals surface area contributed by atoms with Crippen molar-refractivity contribution in [1.29, 1.82) is 0 Å². The molecule has 1 fully saturated rings. The van der Waals surface area contributed by atoms with Crippen LogP contribution >= 0.6 is 23.2 Å². The van der Waals surface area contributed by atoms with Gasteiger partial charge in [0.1, 0.15) is 12.4 Å². The van der Waals surface area contributed by atoms with Crippen LogP contribution < -0.4 is 10.1 Å². The molecule has 3 rings (SSSR count). The van der Waals surface area contributed by atoms with Crippen LogP contribution in [0.25, 0.3) is 0 Å². The highest BCUT2D eigenvalue weighted by Gasteiger charge is 2.42. The van der Waals surface area contributed by atoms with E-state index in [-0.39, 0.29) is 12.5 Å². The number of para-hydroxylation sites is 1. The molecule has 0 spiro atoms. The molecule has 0 heterocycles. The van der Waals surface area contributed by atoms with Gasteiger partial charge in [0, 0.05) is 5.02 Å². The molecule has 140 valence electrons. The largest absolute Gasteiger partial charge is 0.479 e. The number of rotatable bonds is 5. The van der Waals surface area contributed by atoms with Gasteiger partial charge < -0.3 is 10.1 Å². The van der Waals surface area contributed by atoms with Gasteiger partial charge in [-0.3, -0.25) is 4.79 Å². The maximum atomic E-state index is 12.9. The lowest BCUT2D eigenvalue weighted by atomic mass is 9.78. The number of carbonyl (C=O) groups excluding carboxylic acids is 1. The molecule has 0 radical (unpaired) electrons. The van der Waals surface area contributed by atoms with Gasteiger partial charge in [-0.1, -0.05) is 72.1 Å². The number of ether oxygens (including phenoxy) is 1. The molecular weight excluding hydrogens is 381 g/mol. The highest BCUT2D eigenvalue weighted by molar-refractivity contribution is 6.32. The van der Waals surface area contributed by atoms with Crippen LogP contribution in [0.3, 0.4) is 0 Å². The van der Waals surface area contributed by atoms with E-state index in [1.54, 1.807) is 12.1 Å². The van der Waals surface area contributed by atoms with Crippen molar-refractivity contribution in [2.75, 3.05) is 13.2 Å². The quantitative estimate of drug-likeness (QED) is 0.715. The number of benzene rings is 2. The van der Waals surface area contributed by atoms with Gasteiger partial charge in [0.2, 0.25) is 5.91 Å². The van der Waals surface area contributed by atoms with Crippen LogP contribution in [-0.2, 0) is 10.2 Å². The monoisotopic (exact) mass is 401 g/mol. The Bertz CT molecular complexity index is 847. The molecule has 2 aromatic rings. The topological polar surface area (TPSA) is 38.3 Å². The summed E-state index contributed by atoms with van der Waals surface area (Å²) in [5.41, 5.74) is 0.553. The van der Waals surface area contributed by atoms with Crippen molar-refractivity contribution < 1.29 is 9.53 Å². The molecule has 27 heavy (non-hydrogen) atoms. The van der Waals surface area contributed by atoms with Gasteiger partial charge in [-0.2, -0.15) is 0 Å². The average Bonchev–Trinajstić information content (AvgIpc) is 3.17. The Balaban J connectivity index is 1.55. The molecule has 0 saturated heterocycles. The van der Waals surface area contributed by atoms with Gasteiger partial charge in [-0.15, -0.1) is 0 Å². The Labute approximate surface area is 170 Å². The van der Waals surface area contributed by atoms with Crippen LogP contribution in [0.5, 0.6) is 5.75 Å². The molecule has 1 aliphatic carbocycles. The van der Waals surface area contributed by atoms with Crippen molar-refractivity contribution in [3.63, 3.8) is 0 Å². The van der Waals surface area contributed by atoms with Crippen molar-refractivity contribution in [3.8, 4) is 17.6 Å². The third kappa shape index (κ3) is 4.77. The minimum absolute atomic E-state index is 0.0312. The number of amides is 1. The van der Waals surface area contributed by atoms with Crippen molar-refractivity contribution in [1.82, 2.24) is 5.32 Å². The summed E-state index contributed by atoms with van der Waals surface area (Å²) in [6.07, 6.45) is 3.80. The fraction of sp³-hybridized carbons (Fsp3) is 0.318. The third-order valence-electron chi connectivity index (χ3n) is 4.89. The summed E-state index contributed by atoms with van der Waals surface area (Å²) in [4.78, 5) is 12.9. The summed E-state index contributed by atoms with van der Waals surface area (Å²) in [5.74, 6) is 6.47. The number of nitrogens with one attached hydrogen (secondary N) is 1. The number of halogens is 2. The fourth-order valence-electron chi connectivity index (χ4n) is 3.48. The lowest BCUT2D eigenvalue weighted by Crippen LogP contribution is -2.42. The van der Waals surface area contributed by atoms with E-state index in [2.05, 4.69) is 17.2 Å². The first-order valence-corrected chi connectivity index (χ1v) is 9.75. The normalized spacial score (nSPS) is 14.9. The summed E-state index contributed by atoms with van der Waals surface area (Å²) < 4.78 is 5.51. The van der Waals surface area contributed by atoms with E-state index in [1.807, 2.05) is 36.4 Å². The molecule has 0 unspecified atom stereocenters. The molecule has 1 aliphatic rings. The first kappa shape index (κ1) is 19.6. The molecule has 0 aliphatic heterocycles. The van der Waals surface area contributed by atoms with Crippen LogP contribution in [0.1, 0.15) is 31.2 Å². The van der Waals surface area contributed by atoms with Crippen molar-refractivity contribution >= 4 is 29.1 Å². The first-order valence-electron chi connectivity index (χ1n) is 8.99. The Morgan fingerprint density at radius 3 is 2.44 bits per heavy atom. The van der Waals surface area contributed by atoms with Crippen LogP contribution in [0.2, 0.25) is 10.0 Å². The fourth-order valence-corrected chi connectivity index (χ4v) is 3.79. The van der Waals surface area contributed by atoms with E-state index < -0.39 is 5.41 Å². The Morgan fingerprint density at radius 1 is 1.04 bits per heavy atom. The second kappa shape index (κ2) is 9.17. The average molecular weight is 402 g/mol. The third-order valence-corrected chi connectivity index (χ3v) is 5.45. The zero-order valence-electron chi connectivity index (χ0n) is 14.9. The highest BCUT2D eigenvalue weighted by atomic mass is 35.5. The number of carbonyl (C=O) groups is 1. The second-order valence-electron chi connectivity index (χ2n) is 6.55. The molecule has 0 aromatic heterocycles. The molecule has 2 aromatic carbocycles. The smallest absolute Gasteiger partial charge is 0.231 e. The van der Waals surface area contributed by atoms with Gasteiger partial charge in [0.25, 0.3) is 0 Å².